The van der Waals surface area contributed by atoms with Crippen molar-refractivity contribution in [2.75, 3.05) is 16.2 Å². The fourth-order valence-electron chi connectivity index (χ4n) is 3.70. The van der Waals surface area contributed by atoms with Gasteiger partial charge < -0.3 is 9.64 Å². The largest absolute Gasteiger partial charge is 0.491 e. The highest BCUT2D eigenvalue weighted by molar-refractivity contribution is 7.92. The number of amides is 1. The average molecular weight is 452 g/mol. The van der Waals surface area contributed by atoms with Crippen molar-refractivity contribution in [3.05, 3.63) is 78.1 Å². The maximum Gasteiger partial charge on any atom is 0.261 e. The van der Waals surface area contributed by atoms with Crippen LogP contribution in [-0.4, -0.2) is 32.0 Å². The van der Waals surface area contributed by atoms with Gasteiger partial charge in [0.05, 0.1) is 16.6 Å². The summed E-state index contributed by atoms with van der Waals surface area (Å²) in [5.41, 5.74) is 2.70. The zero-order chi connectivity index (χ0) is 22.7. The second-order valence-electron chi connectivity index (χ2n) is 7.89. The summed E-state index contributed by atoms with van der Waals surface area (Å²) >= 11 is 0. The van der Waals surface area contributed by atoms with E-state index < -0.39 is 10.0 Å². The smallest absolute Gasteiger partial charge is 0.261 e. The van der Waals surface area contributed by atoms with Crippen molar-refractivity contribution in [1.82, 2.24) is 4.98 Å². The summed E-state index contributed by atoms with van der Waals surface area (Å²) in [6, 6.07) is 15.1. The molecule has 8 heteroatoms. The van der Waals surface area contributed by atoms with E-state index in [9.17, 15) is 13.2 Å². The Bertz CT molecular complexity index is 1210. The first-order valence-corrected chi connectivity index (χ1v) is 12.0. The quantitative estimate of drug-likeness (QED) is 0.605. The number of pyridine rings is 1. The van der Waals surface area contributed by atoms with Gasteiger partial charge in [0.1, 0.15) is 5.75 Å². The maximum atomic E-state index is 12.9. The summed E-state index contributed by atoms with van der Waals surface area (Å²) < 4.78 is 33.9. The molecule has 0 unspecified atom stereocenters. The third-order valence-corrected chi connectivity index (χ3v) is 6.51. The predicted octanol–water partition coefficient (Wildman–Crippen LogP) is 4.26. The van der Waals surface area contributed by atoms with Crippen LogP contribution in [-0.2, 0) is 16.4 Å². The minimum absolute atomic E-state index is 0.00989. The molecule has 2 aromatic carbocycles. The Hall–Kier alpha value is -3.39. The van der Waals surface area contributed by atoms with Gasteiger partial charge in [-0.25, -0.2) is 8.42 Å². The van der Waals surface area contributed by atoms with Gasteiger partial charge in [0.2, 0.25) is 0 Å². The summed E-state index contributed by atoms with van der Waals surface area (Å²) in [4.78, 5) is 18.8. The van der Waals surface area contributed by atoms with Crippen molar-refractivity contribution in [2.24, 2.45) is 0 Å². The number of nitrogens with zero attached hydrogens (tertiary/aromatic N) is 2. The van der Waals surface area contributed by atoms with Crippen LogP contribution < -0.4 is 14.4 Å². The second kappa shape index (κ2) is 9.00. The molecule has 0 bridgehead atoms. The van der Waals surface area contributed by atoms with Crippen LogP contribution in [0.2, 0.25) is 0 Å². The van der Waals surface area contributed by atoms with Crippen LogP contribution in [0.15, 0.2) is 71.9 Å². The number of ether oxygens (including phenoxy) is 1. The lowest BCUT2D eigenvalue weighted by molar-refractivity contribution is 0.0984. The highest BCUT2D eigenvalue weighted by Crippen LogP contribution is 2.31. The molecule has 0 aliphatic carbocycles. The van der Waals surface area contributed by atoms with Crippen LogP contribution in [0.1, 0.15) is 36.2 Å². The van der Waals surface area contributed by atoms with Crippen LogP contribution >= 0.6 is 0 Å². The van der Waals surface area contributed by atoms with E-state index >= 15 is 0 Å². The maximum absolute atomic E-state index is 12.9. The number of fused-ring (bicyclic) bond motifs is 1. The van der Waals surface area contributed by atoms with E-state index in [0.717, 1.165) is 24.1 Å². The minimum atomic E-state index is -3.75. The van der Waals surface area contributed by atoms with Gasteiger partial charge in [0.25, 0.3) is 15.9 Å². The van der Waals surface area contributed by atoms with Gasteiger partial charge >= 0.3 is 0 Å². The number of hydrogen-bond acceptors (Lipinski definition) is 5. The van der Waals surface area contributed by atoms with E-state index in [-0.39, 0.29) is 16.9 Å². The van der Waals surface area contributed by atoms with Crippen molar-refractivity contribution >= 4 is 27.3 Å². The summed E-state index contributed by atoms with van der Waals surface area (Å²) in [5, 5.41) is 0. The van der Waals surface area contributed by atoms with Gasteiger partial charge in [-0.1, -0.05) is 0 Å². The molecule has 32 heavy (non-hydrogen) atoms. The Balaban J connectivity index is 1.54. The Morgan fingerprint density at radius 2 is 1.91 bits per heavy atom. The zero-order valence-corrected chi connectivity index (χ0v) is 18.8. The van der Waals surface area contributed by atoms with E-state index in [2.05, 4.69) is 9.71 Å². The van der Waals surface area contributed by atoms with Gasteiger partial charge in [-0.05, 0) is 86.8 Å². The lowest BCUT2D eigenvalue weighted by Gasteiger charge is -2.30. The number of nitrogens with one attached hydrogen (secondary N) is 1. The van der Waals surface area contributed by atoms with Crippen molar-refractivity contribution in [1.29, 1.82) is 0 Å². The number of carbonyl (C=O) groups is 1. The number of sulfonamides is 1. The zero-order valence-electron chi connectivity index (χ0n) is 18.0. The van der Waals surface area contributed by atoms with Gasteiger partial charge in [-0.15, -0.1) is 0 Å². The molecule has 0 saturated carbocycles. The molecule has 1 aromatic heterocycles. The fraction of sp³-hybridized carbons (Fsp3) is 0.250. The van der Waals surface area contributed by atoms with Crippen LogP contribution in [0.4, 0.5) is 11.4 Å². The molecule has 0 saturated heterocycles. The third kappa shape index (κ3) is 4.75. The molecule has 7 nitrogen and oxygen atoms in total. The lowest BCUT2D eigenvalue weighted by Crippen LogP contribution is -2.35. The van der Waals surface area contributed by atoms with E-state index in [1.807, 2.05) is 13.8 Å². The van der Waals surface area contributed by atoms with Crippen molar-refractivity contribution in [3.63, 3.8) is 0 Å². The Labute approximate surface area is 188 Å². The number of rotatable bonds is 6. The minimum Gasteiger partial charge on any atom is -0.491 e. The van der Waals surface area contributed by atoms with E-state index in [0.29, 0.717) is 23.5 Å². The highest BCUT2D eigenvalue weighted by Gasteiger charge is 2.24. The lowest BCUT2D eigenvalue weighted by atomic mass is 10.0. The molecular formula is C24H25N3O4S. The number of aromatic nitrogens is 1. The first-order valence-electron chi connectivity index (χ1n) is 10.5. The summed E-state index contributed by atoms with van der Waals surface area (Å²) in [6.45, 7) is 4.43. The van der Waals surface area contributed by atoms with Crippen molar-refractivity contribution in [3.8, 4) is 5.75 Å². The average Bonchev–Trinajstić information content (AvgIpc) is 2.78. The molecule has 2 heterocycles. The molecule has 166 valence electrons. The number of anilines is 2. The van der Waals surface area contributed by atoms with E-state index in [1.165, 1.54) is 12.1 Å². The number of benzene rings is 2. The standard InChI is InChI=1S/C24H25N3O4S/c1-17(2)31-21-8-10-22(11-9-21)32(29,30)26-20-7-12-23-18(15-20)6-4-14-27(23)24(28)19-5-3-13-25-16-19/h3,5,7-13,15-17,26H,4,6,14H2,1-2H3. The van der Waals surface area contributed by atoms with Crippen LogP contribution in [0.5, 0.6) is 5.75 Å². The van der Waals surface area contributed by atoms with Gasteiger partial charge in [-0.3, -0.25) is 14.5 Å². The molecule has 1 amide bonds. The fourth-order valence-corrected chi connectivity index (χ4v) is 4.75. The SMILES string of the molecule is CC(C)Oc1ccc(S(=O)(=O)Nc2ccc3c(c2)CCCN3C(=O)c2cccnc2)cc1. The van der Waals surface area contributed by atoms with Gasteiger partial charge in [-0.2, -0.15) is 0 Å². The molecular weight excluding hydrogens is 426 g/mol. The van der Waals surface area contributed by atoms with Crippen LogP contribution in [0.3, 0.4) is 0 Å². The van der Waals surface area contributed by atoms with Gasteiger partial charge in [0.15, 0.2) is 0 Å². The summed E-state index contributed by atoms with van der Waals surface area (Å²) in [5.74, 6) is 0.502. The Morgan fingerprint density at radius 3 is 2.59 bits per heavy atom. The van der Waals surface area contributed by atoms with Crippen molar-refractivity contribution in [2.45, 2.75) is 37.7 Å². The van der Waals surface area contributed by atoms with E-state index in [4.69, 9.17) is 4.74 Å². The molecule has 0 atom stereocenters. The van der Waals surface area contributed by atoms with Gasteiger partial charge in [0, 0.05) is 30.3 Å². The monoisotopic (exact) mass is 451 g/mol. The second-order valence-corrected chi connectivity index (χ2v) is 9.57. The molecule has 0 radical (unpaired) electrons. The summed E-state index contributed by atoms with van der Waals surface area (Å²) in [6.07, 6.45) is 4.76. The van der Waals surface area contributed by atoms with E-state index in [1.54, 1.807) is 59.8 Å². The Kier molecular flexibility index (Phi) is 6.14. The normalized spacial score (nSPS) is 13.5. The predicted molar refractivity (Wildman–Crippen MR) is 124 cm³/mol. The Morgan fingerprint density at radius 1 is 1.12 bits per heavy atom. The molecule has 1 aliphatic heterocycles. The molecule has 1 aliphatic rings. The molecule has 4 rings (SSSR count). The number of aryl methyl sites for hydroxylation is 1. The molecule has 0 spiro atoms. The van der Waals surface area contributed by atoms with Crippen molar-refractivity contribution < 1.29 is 17.9 Å². The number of hydrogen-bond donors (Lipinski definition) is 1. The van der Waals surface area contributed by atoms with Crippen LogP contribution in [0, 0.1) is 0 Å². The summed E-state index contributed by atoms with van der Waals surface area (Å²) in [7, 11) is -3.75. The van der Waals surface area contributed by atoms with Crippen LogP contribution in [0.25, 0.3) is 0 Å². The molecule has 0 fully saturated rings. The number of carbonyl (C=O) groups excluding carboxylic acids is 1. The third-order valence-electron chi connectivity index (χ3n) is 5.11. The molecule has 3 aromatic rings. The first kappa shape index (κ1) is 21.8. The topological polar surface area (TPSA) is 88.6 Å². The highest BCUT2D eigenvalue weighted by atomic mass is 32.2. The molecule has 1 N–H and O–H groups in total. The first-order chi connectivity index (χ1) is 15.3.